The SMILES string of the molecule is COc1ccccc1CC(C#N)c1ccccc1C. The standard InChI is InChI=1S/C17H17NO/c1-13-7-3-5-9-16(13)15(12-18)11-14-8-4-6-10-17(14)19-2/h3-10,15H,11H2,1-2H3. The monoisotopic (exact) mass is 251 g/mol. The first-order valence-electron chi connectivity index (χ1n) is 6.33. The molecule has 0 fully saturated rings. The molecule has 2 rings (SSSR count). The van der Waals surface area contributed by atoms with E-state index < -0.39 is 0 Å². The van der Waals surface area contributed by atoms with Gasteiger partial charge in [0.2, 0.25) is 0 Å². The number of hydrogen-bond donors (Lipinski definition) is 0. The lowest BCUT2D eigenvalue weighted by molar-refractivity contribution is 0.409. The van der Waals surface area contributed by atoms with Crippen LogP contribution in [0.5, 0.6) is 5.75 Å². The highest BCUT2D eigenvalue weighted by Crippen LogP contribution is 2.27. The molecule has 0 aliphatic heterocycles. The third-order valence-corrected chi connectivity index (χ3v) is 3.34. The Bertz CT molecular complexity index is 598. The average molecular weight is 251 g/mol. The molecule has 2 nitrogen and oxygen atoms in total. The molecule has 0 saturated heterocycles. The van der Waals surface area contributed by atoms with Crippen LogP contribution < -0.4 is 4.74 Å². The fourth-order valence-corrected chi connectivity index (χ4v) is 2.29. The maximum atomic E-state index is 9.44. The zero-order chi connectivity index (χ0) is 13.7. The van der Waals surface area contributed by atoms with Crippen molar-refractivity contribution in [2.75, 3.05) is 7.11 Å². The van der Waals surface area contributed by atoms with Gasteiger partial charge in [-0.05, 0) is 36.1 Å². The summed E-state index contributed by atoms with van der Waals surface area (Å²) in [5.74, 6) is 0.703. The maximum absolute atomic E-state index is 9.44. The van der Waals surface area contributed by atoms with Crippen LogP contribution in [0.3, 0.4) is 0 Å². The quantitative estimate of drug-likeness (QED) is 0.826. The number of aryl methyl sites for hydroxylation is 1. The lowest BCUT2D eigenvalue weighted by Crippen LogP contribution is -2.04. The summed E-state index contributed by atoms with van der Waals surface area (Å²) in [5.41, 5.74) is 3.32. The van der Waals surface area contributed by atoms with Gasteiger partial charge < -0.3 is 4.74 Å². The molecule has 0 aliphatic rings. The molecule has 0 heterocycles. The van der Waals surface area contributed by atoms with Crippen LogP contribution in [0.1, 0.15) is 22.6 Å². The van der Waals surface area contributed by atoms with E-state index in [-0.39, 0.29) is 5.92 Å². The van der Waals surface area contributed by atoms with Crippen LogP contribution in [0, 0.1) is 18.3 Å². The van der Waals surface area contributed by atoms with Crippen molar-refractivity contribution in [1.29, 1.82) is 5.26 Å². The second kappa shape index (κ2) is 6.06. The van der Waals surface area contributed by atoms with Crippen molar-refractivity contribution >= 4 is 0 Å². The zero-order valence-electron chi connectivity index (χ0n) is 11.3. The maximum Gasteiger partial charge on any atom is 0.122 e. The molecular weight excluding hydrogens is 234 g/mol. The fourth-order valence-electron chi connectivity index (χ4n) is 2.29. The summed E-state index contributed by atoms with van der Waals surface area (Å²) >= 11 is 0. The van der Waals surface area contributed by atoms with Crippen molar-refractivity contribution in [3.63, 3.8) is 0 Å². The highest BCUT2D eigenvalue weighted by Gasteiger charge is 2.15. The first kappa shape index (κ1) is 13.2. The van der Waals surface area contributed by atoms with Crippen molar-refractivity contribution in [3.8, 4) is 11.8 Å². The molecular formula is C17H17NO. The van der Waals surface area contributed by atoms with E-state index >= 15 is 0 Å². The molecule has 0 amide bonds. The van der Waals surface area contributed by atoms with E-state index in [4.69, 9.17) is 4.74 Å². The van der Waals surface area contributed by atoms with E-state index in [1.165, 1.54) is 0 Å². The van der Waals surface area contributed by atoms with Crippen molar-refractivity contribution in [3.05, 3.63) is 65.2 Å². The molecule has 0 bridgehead atoms. The number of methoxy groups -OCH3 is 1. The van der Waals surface area contributed by atoms with Gasteiger partial charge in [0.25, 0.3) is 0 Å². The van der Waals surface area contributed by atoms with Gasteiger partial charge in [0.1, 0.15) is 5.75 Å². The molecule has 0 aromatic heterocycles. The van der Waals surface area contributed by atoms with Gasteiger partial charge in [-0.15, -0.1) is 0 Å². The Morgan fingerprint density at radius 2 is 1.79 bits per heavy atom. The Morgan fingerprint density at radius 1 is 1.11 bits per heavy atom. The number of benzene rings is 2. The topological polar surface area (TPSA) is 33.0 Å². The summed E-state index contributed by atoms with van der Waals surface area (Å²) in [5, 5.41) is 9.44. The second-order valence-corrected chi connectivity index (χ2v) is 4.55. The number of nitriles is 1. The Labute approximate surface area is 114 Å². The summed E-state index contributed by atoms with van der Waals surface area (Å²) in [6.45, 7) is 2.04. The van der Waals surface area contributed by atoms with Crippen molar-refractivity contribution < 1.29 is 4.74 Å². The minimum atomic E-state index is -0.141. The van der Waals surface area contributed by atoms with E-state index in [9.17, 15) is 5.26 Å². The Balaban J connectivity index is 2.30. The number of ether oxygens (including phenoxy) is 1. The molecule has 1 unspecified atom stereocenters. The first-order chi connectivity index (χ1) is 9.26. The van der Waals surface area contributed by atoms with E-state index in [1.54, 1.807) is 7.11 Å². The molecule has 19 heavy (non-hydrogen) atoms. The summed E-state index contributed by atoms with van der Waals surface area (Å²) in [7, 11) is 1.66. The average Bonchev–Trinajstić information content (AvgIpc) is 2.46. The van der Waals surface area contributed by atoms with Gasteiger partial charge in [0, 0.05) is 0 Å². The van der Waals surface area contributed by atoms with Gasteiger partial charge in [-0.2, -0.15) is 5.26 Å². The lowest BCUT2D eigenvalue weighted by Gasteiger charge is -2.14. The minimum Gasteiger partial charge on any atom is -0.496 e. The number of nitrogens with zero attached hydrogens (tertiary/aromatic N) is 1. The fraction of sp³-hybridized carbons (Fsp3) is 0.235. The van der Waals surface area contributed by atoms with Gasteiger partial charge in [-0.3, -0.25) is 0 Å². The second-order valence-electron chi connectivity index (χ2n) is 4.55. The van der Waals surface area contributed by atoms with Crippen LogP contribution in [0.4, 0.5) is 0 Å². The minimum absolute atomic E-state index is 0.141. The molecule has 0 saturated carbocycles. The van der Waals surface area contributed by atoms with Gasteiger partial charge in [0.05, 0.1) is 19.1 Å². The predicted octanol–water partition coefficient (Wildman–Crippen LogP) is 3.85. The third-order valence-electron chi connectivity index (χ3n) is 3.34. The molecule has 2 heteroatoms. The third kappa shape index (κ3) is 2.95. The van der Waals surface area contributed by atoms with Crippen LogP contribution in [-0.4, -0.2) is 7.11 Å². The normalized spacial score (nSPS) is 11.6. The van der Waals surface area contributed by atoms with Gasteiger partial charge in [-0.1, -0.05) is 42.5 Å². The lowest BCUT2D eigenvalue weighted by atomic mass is 9.90. The first-order valence-corrected chi connectivity index (χ1v) is 6.33. The van der Waals surface area contributed by atoms with E-state index in [1.807, 2.05) is 55.5 Å². The van der Waals surface area contributed by atoms with Crippen LogP contribution >= 0.6 is 0 Å². The predicted molar refractivity (Wildman–Crippen MR) is 76.2 cm³/mol. The van der Waals surface area contributed by atoms with Gasteiger partial charge in [0.15, 0.2) is 0 Å². The smallest absolute Gasteiger partial charge is 0.122 e. The van der Waals surface area contributed by atoms with Gasteiger partial charge >= 0.3 is 0 Å². The molecule has 0 spiro atoms. The van der Waals surface area contributed by atoms with Crippen LogP contribution in [0.25, 0.3) is 0 Å². The van der Waals surface area contributed by atoms with Gasteiger partial charge in [-0.25, -0.2) is 0 Å². The molecule has 0 aliphatic carbocycles. The summed E-state index contributed by atoms with van der Waals surface area (Å²) in [4.78, 5) is 0. The van der Waals surface area contributed by atoms with Crippen LogP contribution in [-0.2, 0) is 6.42 Å². The zero-order valence-corrected chi connectivity index (χ0v) is 11.3. The highest BCUT2D eigenvalue weighted by molar-refractivity contribution is 5.39. The number of para-hydroxylation sites is 1. The Kier molecular flexibility index (Phi) is 4.20. The molecule has 0 N–H and O–H groups in total. The van der Waals surface area contributed by atoms with Crippen molar-refractivity contribution in [2.45, 2.75) is 19.3 Å². The number of rotatable bonds is 4. The van der Waals surface area contributed by atoms with E-state index in [0.717, 1.165) is 22.4 Å². The van der Waals surface area contributed by atoms with Crippen LogP contribution in [0.2, 0.25) is 0 Å². The molecule has 2 aromatic rings. The van der Waals surface area contributed by atoms with Crippen molar-refractivity contribution in [1.82, 2.24) is 0 Å². The molecule has 0 radical (unpaired) electrons. The van der Waals surface area contributed by atoms with Crippen LogP contribution in [0.15, 0.2) is 48.5 Å². The van der Waals surface area contributed by atoms with E-state index in [2.05, 4.69) is 6.07 Å². The number of hydrogen-bond acceptors (Lipinski definition) is 2. The largest absolute Gasteiger partial charge is 0.496 e. The summed E-state index contributed by atoms with van der Waals surface area (Å²) in [6, 6.07) is 18.3. The molecule has 1 atom stereocenters. The highest BCUT2D eigenvalue weighted by atomic mass is 16.5. The molecule has 96 valence electrons. The van der Waals surface area contributed by atoms with E-state index in [0.29, 0.717) is 6.42 Å². The molecule has 2 aromatic carbocycles. The summed E-state index contributed by atoms with van der Waals surface area (Å²) < 4.78 is 5.35. The summed E-state index contributed by atoms with van der Waals surface area (Å²) in [6.07, 6.45) is 0.672. The Hall–Kier alpha value is -2.27. The van der Waals surface area contributed by atoms with Crippen molar-refractivity contribution in [2.24, 2.45) is 0 Å². The Morgan fingerprint density at radius 3 is 2.47 bits per heavy atom.